The summed E-state index contributed by atoms with van der Waals surface area (Å²) in [5.41, 5.74) is 19.1. The molecule has 14 rings (SSSR count). The quantitative estimate of drug-likeness (QED) is 0.165. The van der Waals surface area contributed by atoms with Crippen LogP contribution in [0.25, 0.3) is 98.8 Å². The molecule has 0 amide bonds. The highest BCUT2D eigenvalue weighted by Crippen LogP contribution is 2.54. The van der Waals surface area contributed by atoms with E-state index in [1.165, 1.54) is 66.1 Å². The van der Waals surface area contributed by atoms with E-state index < -0.39 is 0 Å². The lowest BCUT2D eigenvalue weighted by Crippen LogP contribution is -2.18. The van der Waals surface area contributed by atoms with Gasteiger partial charge in [0.15, 0.2) is 0 Å². The molecule has 2 aromatic heterocycles. The minimum absolute atomic E-state index is 0.178. The Morgan fingerprint density at radius 3 is 1.52 bits per heavy atom. The minimum atomic E-state index is -0.178. The summed E-state index contributed by atoms with van der Waals surface area (Å²) < 4.78 is 13.7. The summed E-state index contributed by atoms with van der Waals surface area (Å²) in [6.45, 7) is 9.48. The Balaban J connectivity index is 1.11. The standard InChI is InChI=1S/C62H43NO2/c1-61(2)51-22-12-9-19-43(51)45-27-25-37(34-53(45)61)63(38-26-28-46-44-20-10-13-23-52(44)62(3,4)54(46)35-38)39-32-49(48-31-36-15-5-6-16-40(36)41-17-7-8-18-42(41)48)60-50(33-39)59-57(65-60)30-29-56-58(59)47-21-11-14-24-55(47)64-56/h5-35H,1-4H3. The predicted molar refractivity (Wildman–Crippen MR) is 271 cm³/mol. The fourth-order valence-corrected chi connectivity index (χ4v) is 11.9. The highest BCUT2D eigenvalue weighted by atomic mass is 16.3. The third-order valence-corrected chi connectivity index (χ3v) is 15.0. The SMILES string of the molecule is CC1(C)c2ccccc2-c2ccc(N(c3ccc4c(c3)C(C)(C)c3ccccc3-4)c3cc(-c4cc5ccccc5c5ccccc45)c4oc5ccc6oc7ccccc7c6c5c4c3)cc21. The largest absolute Gasteiger partial charge is 0.456 e. The Morgan fingerprint density at radius 1 is 0.323 bits per heavy atom. The average molecular weight is 834 g/mol. The zero-order chi connectivity index (χ0) is 43.3. The summed E-state index contributed by atoms with van der Waals surface area (Å²) in [6.07, 6.45) is 0. The molecule has 0 spiro atoms. The Labute approximate surface area is 376 Å². The van der Waals surface area contributed by atoms with Crippen molar-refractivity contribution in [3.63, 3.8) is 0 Å². The van der Waals surface area contributed by atoms with E-state index >= 15 is 0 Å². The van der Waals surface area contributed by atoms with Gasteiger partial charge in [-0.15, -0.1) is 0 Å². The Morgan fingerprint density at radius 2 is 0.846 bits per heavy atom. The van der Waals surface area contributed by atoms with Crippen LogP contribution >= 0.6 is 0 Å². The van der Waals surface area contributed by atoms with Crippen molar-refractivity contribution in [2.24, 2.45) is 0 Å². The molecule has 0 unspecified atom stereocenters. The molecule has 0 aliphatic heterocycles. The van der Waals surface area contributed by atoms with E-state index in [4.69, 9.17) is 8.83 Å². The predicted octanol–water partition coefficient (Wildman–Crippen LogP) is 17.5. The number of anilines is 3. The van der Waals surface area contributed by atoms with Crippen molar-refractivity contribution in [2.75, 3.05) is 4.90 Å². The molecule has 12 aromatic rings. The van der Waals surface area contributed by atoms with Gasteiger partial charge in [-0.1, -0.05) is 155 Å². The fraction of sp³-hybridized carbons (Fsp3) is 0.0968. The van der Waals surface area contributed by atoms with Crippen LogP contribution in [0.1, 0.15) is 49.9 Å². The van der Waals surface area contributed by atoms with Gasteiger partial charge in [-0.25, -0.2) is 0 Å². The molecule has 0 bridgehead atoms. The smallest absolute Gasteiger partial charge is 0.143 e. The summed E-state index contributed by atoms with van der Waals surface area (Å²) in [5.74, 6) is 0. The topological polar surface area (TPSA) is 29.5 Å². The summed E-state index contributed by atoms with van der Waals surface area (Å²) >= 11 is 0. The van der Waals surface area contributed by atoms with Crippen molar-refractivity contribution in [1.29, 1.82) is 0 Å². The molecule has 3 heteroatoms. The number of hydrogen-bond acceptors (Lipinski definition) is 3. The molecule has 0 saturated heterocycles. The van der Waals surface area contributed by atoms with Crippen LogP contribution in [0.15, 0.2) is 197 Å². The zero-order valence-electron chi connectivity index (χ0n) is 36.7. The Kier molecular flexibility index (Phi) is 7.24. The summed E-state index contributed by atoms with van der Waals surface area (Å²) in [4.78, 5) is 2.50. The van der Waals surface area contributed by atoms with Gasteiger partial charge in [0, 0.05) is 55.0 Å². The number of furan rings is 2. The van der Waals surface area contributed by atoms with Crippen LogP contribution in [0.3, 0.4) is 0 Å². The third-order valence-electron chi connectivity index (χ3n) is 15.0. The Bertz CT molecular complexity index is 3920. The molecule has 3 nitrogen and oxygen atoms in total. The van der Waals surface area contributed by atoms with Gasteiger partial charge in [0.2, 0.25) is 0 Å². The zero-order valence-corrected chi connectivity index (χ0v) is 36.7. The minimum Gasteiger partial charge on any atom is -0.456 e. The van der Waals surface area contributed by atoms with E-state index in [1.807, 2.05) is 6.07 Å². The number of rotatable bonds is 4. The van der Waals surface area contributed by atoms with Crippen LogP contribution in [0.5, 0.6) is 0 Å². The van der Waals surface area contributed by atoms with Gasteiger partial charge in [-0.05, 0) is 132 Å². The van der Waals surface area contributed by atoms with E-state index in [9.17, 15) is 0 Å². The van der Waals surface area contributed by atoms with E-state index in [2.05, 4.69) is 215 Å². The van der Waals surface area contributed by atoms with Crippen LogP contribution in [-0.2, 0) is 10.8 Å². The molecule has 0 atom stereocenters. The summed E-state index contributed by atoms with van der Waals surface area (Å²) in [7, 11) is 0. The summed E-state index contributed by atoms with van der Waals surface area (Å²) in [6, 6.07) is 69.3. The van der Waals surface area contributed by atoms with Gasteiger partial charge in [-0.2, -0.15) is 0 Å². The molecule has 2 aliphatic carbocycles. The lowest BCUT2D eigenvalue weighted by atomic mass is 9.82. The molecule has 0 N–H and O–H groups in total. The second-order valence-corrected chi connectivity index (χ2v) is 19.2. The van der Waals surface area contributed by atoms with Gasteiger partial charge >= 0.3 is 0 Å². The van der Waals surface area contributed by atoms with E-state index in [0.29, 0.717) is 0 Å². The molecule has 0 radical (unpaired) electrons. The number of fused-ring (bicyclic) bond motifs is 16. The average Bonchev–Trinajstić information content (AvgIpc) is 4.04. The van der Waals surface area contributed by atoms with Gasteiger partial charge in [0.1, 0.15) is 22.3 Å². The number of hydrogen-bond donors (Lipinski definition) is 0. The van der Waals surface area contributed by atoms with Gasteiger partial charge in [0.05, 0.1) is 0 Å². The number of para-hydroxylation sites is 1. The second-order valence-electron chi connectivity index (χ2n) is 19.2. The molecule has 10 aromatic carbocycles. The maximum Gasteiger partial charge on any atom is 0.143 e. The van der Waals surface area contributed by atoms with Crippen molar-refractivity contribution in [2.45, 2.75) is 38.5 Å². The first-order valence-electron chi connectivity index (χ1n) is 22.7. The third kappa shape index (κ3) is 4.96. The first-order chi connectivity index (χ1) is 31.7. The number of benzene rings is 10. The number of nitrogens with zero attached hydrogens (tertiary/aromatic N) is 1. The van der Waals surface area contributed by atoms with Crippen LogP contribution in [-0.4, -0.2) is 0 Å². The van der Waals surface area contributed by atoms with E-state index in [0.717, 1.165) is 72.1 Å². The molecule has 2 heterocycles. The molecular weight excluding hydrogens is 791 g/mol. The normalized spacial score (nSPS) is 14.4. The van der Waals surface area contributed by atoms with Crippen molar-refractivity contribution in [3.8, 4) is 33.4 Å². The van der Waals surface area contributed by atoms with Crippen LogP contribution < -0.4 is 4.90 Å². The van der Waals surface area contributed by atoms with Crippen molar-refractivity contribution in [3.05, 3.63) is 210 Å². The molecule has 2 aliphatic rings. The first kappa shape index (κ1) is 36.6. The Hall–Kier alpha value is -7.88. The monoisotopic (exact) mass is 833 g/mol. The van der Waals surface area contributed by atoms with Crippen LogP contribution in [0.4, 0.5) is 17.1 Å². The van der Waals surface area contributed by atoms with Crippen molar-refractivity contribution in [1.82, 2.24) is 0 Å². The van der Waals surface area contributed by atoms with E-state index in [-0.39, 0.29) is 10.8 Å². The van der Waals surface area contributed by atoms with Gasteiger partial charge in [0.25, 0.3) is 0 Å². The lowest BCUT2D eigenvalue weighted by molar-refractivity contribution is 0.660. The molecule has 65 heavy (non-hydrogen) atoms. The van der Waals surface area contributed by atoms with Crippen LogP contribution in [0, 0.1) is 0 Å². The van der Waals surface area contributed by atoms with Gasteiger partial charge < -0.3 is 13.7 Å². The molecular formula is C62H43NO2. The van der Waals surface area contributed by atoms with Crippen molar-refractivity contribution < 1.29 is 8.83 Å². The van der Waals surface area contributed by atoms with Crippen molar-refractivity contribution >= 4 is 82.5 Å². The van der Waals surface area contributed by atoms with Crippen LogP contribution in [0.2, 0.25) is 0 Å². The maximum absolute atomic E-state index is 7.16. The molecule has 0 fully saturated rings. The van der Waals surface area contributed by atoms with E-state index in [1.54, 1.807) is 0 Å². The highest BCUT2D eigenvalue weighted by Gasteiger charge is 2.38. The van der Waals surface area contributed by atoms with Gasteiger partial charge in [-0.3, -0.25) is 0 Å². The summed E-state index contributed by atoms with van der Waals surface area (Å²) in [5, 5.41) is 9.10. The highest BCUT2D eigenvalue weighted by molar-refractivity contribution is 6.28. The fourth-order valence-electron chi connectivity index (χ4n) is 11.9. The second kappa shape index (κ2) is 12.9. The first-order valence-corrected chi connectivity index (χ1v) is 22.7. The maximum atomic E-state index is 7.16. The lowest BCUT2D eigenvalue weighted by Gasteiger charge is -2.30. The molecule has 308 valence electrons. The molecule has 0 saturated carbocycles.